The van der Waals surface area contributed by atoms with Crippen molar-refractivity contribution in [3.8, 4) is 11.5 Å². The van der Waals surface area contributed by atoms with Gasteiger partial charge < -0.3 is 14.4 Å². The van der Waals surface area contributed by atoms with Gasteiger partial charge in [-0.25, -0.2) is 4.90 Å². The maximum atomic E-state index is 12.9. The molecule has 3 amide bonds. The zero-order valence-corrected chi connectivity index (χ0v) is 19.7. The fourth-order valence-corrected chi connectivity index (χ4v) is 5.08. The van der Waals surface area contributed by atoms with E-state index in [1.165, 1.54) is 23.0 Å². The number of benzene rings is 2. The van der Waals surface area contributed by atoms with Gasteiger partial charge in [0.05, 0.1) is 36.2 Å². The number of esters is 1. The molecule has 35 heavy (non-hydrogen) atoms. The van der Waals surface area contributed by atoms with Crippen molar-refractivity contribution in [1.29, 1.82) is 0 Å². The van der Waals surface area contributed by atoms with Crippen molar-refractivity contribution in [2.75, 3.05) is 23.5 Å². The molecule has 0 bridgehead atoms. The number of hydrogen-bond donors (Lipinski definition) is 0. The molecule has 0 N–H and O–H groups in total. The maximum absolute atomic E-state index is 12.9. The standard InChI is InChI=1S/C26H23ClN2O6/c1-34-22-10-9-16(27)12-21(22)28-14-15(11-23(28)30)26(33)35-18-6-4-5-17(13-18)29-24(31)19-7-2-3-8-20(19)25(29)32/h2-6,9-10,12-13,15,19-20H,7-8,11,14H2,1H3/t15-,19-,20+/m1/s1. The molecular weight excluding hydrogens is 472 g/mol. The second kappa shape index (κ2) is 9.19. The van der Waals surface area contributed by atoms with Crippen LogP contribution in [0.1, 0.15) is 19.3 Å². The van der Waals surface area contributed by atoms with Crippen LogP contribution >= 0.6 is 11.6 Å². The van der Waals surface area contributed by atoms with Gasteiger partial charge in [-0.1, -0.05) is 29.8 Å². The van der Waals surface area contributed by atoms with E-state index >= 15 is 0 Å². The lowest BCUT2D eigenvalue weighted by molar-refractivity contribution is -0.139. The van der Waals surface area contributed by atoms with E-state index in [0.29, 0.717) is 35.0 Å². The zero-order chi connectivity index (χ0) is 24.7. The summed E-state index contributed by atoms with van der Waals surface area (Å²) in [6.07, 6.45) is 4.93. The van der Waals surface area contributed by atoms with Crippen molar-refractivity contribution in [3.63, 3.8) is 0 Å². The molecule has 2 aromatic rings. The summed E-state index contributed by atoms with van der Waals surface area (Å²) in [6.45, 7) is 0.119. The zero-order valence-electron chi connectivity index (χ0n) is 19.0. The Morgan fingerprint density at radius 3 is 2.40 bits per heavy atom. The average Bonchev–Trinajstić information content (AvgIpc) is 3.37. The molecule has 2 aromatic carbocycles. The minimum atomic E-state index is -0.696. The first-order chi connectivity index (χ1) is 16.9. The summed E-state index contributed by atoms with van der Waals surface area (Å²) in [5.74, 6) is -2.01. The van der Waals surface area contributed by atoms with Crippen LogP contribution in [0.15, 0.2) is 54.6 Å². The van der Waals surface area contributed by atoms with E-state index < -0.39 is 11.9 Å². The number of halogens is 1. The minimum absolute atomic E-state index is 0.0202. The van der Waals surface area contributed by atoms with Gasteiger partial charge in [0.1, 0.15) is 11.5 Å². The van der Waals surface area contributed by atoms with Gasteiger partial charge in [-0.2, -0.15) is 0 Å². The van der Waals surface area contributed by atoms with E-state index in [0.717, 1.165) is 0 Å². The Bertz CT molecular complexity index is 1230. The fourth-order valence-electron chi connectivity index (χ4n) is 4.91. The number of fused-ring (bicyclic) bond motifs is 1. The number of amides is 3. The summed E-state index contributed by atoms with van der Waals surface area (Å²) in [5.41, 5.74) is 0.858. The summed E-state index contributed by atoms with van der Waals surface area (Å²) in [6, 6.07) is 11.3. The smallest absolute Gasteiger partial charge is 0.316 e. The molecule has 2 aliphatic heterocycles. The second-order valence-electron chi connectivity index (χ2n) is 8.81. The van der Waals surface area contributed by atoms with Gasteiger partial charge in [-0.15, -0.1) is 0 Å². The highest BCUT2D eigenvalue weighted by atomic mass is 35.5. The molecule has 5 rings (SSSR count). The number of allylic oxidation sites excluding steroid dienone is 2. The largest absolute Gasteiger partial charge is 0.495 e. The Labute approximate surface area is 207 Å². The normalized spacial score (nSPS) is 23.6. The molecule has 3 aliphatic rings. The van der Waals surface area contributed by atoms with Gasteiger partial charge in [0, 0.05) is 24.1 Å². The summed E-state index contributed by atoms with van der Waals surface area (Å²) in [4.78, 5) is 54.0. The van der Waals surface area contributed by atoms with Crippen molar-refractivity contribution in [1.82, 2.24) is 0 Å². The van der Waals surface area contributed by atoms with Crippen LogP contribution in [0.3, 0.4) is 0 Å². The molecule has 3 atom stereocenters. The highest BCUT2D eigenvalue weighted by Crippen LogP contribution is 2.39. The third kappa shape index (κ3) is 4.18. The van der Waals surface area contributed by atoms with Crippen molar-refractivity contribution >= 4 is 46.7 Å². The molecule has 9 heteroatoms. The first kappa shape index (κ1) is 23.1. The van der Waals surface area contributed by atoms with Crippen LogP contribution in [0.5, 0.6) is 11.5 Å². The van der Waals surface area contributed by atoms with Gasteiger partial charge in [-0.3, -0.25) is 19.2 Å². The van der Waals surface area contributed by atoms with E-state index in [1.54, 1.807) is 36.4 Å². The van der Waals surface area contributed by atoms with Crippen molar-refractivity contribution in [2.24, 2.45) is 17.8 Å². The molecule has 2 heterocycles. The van der Waals surface area contributed by atoms with Crippen LogP contribution in [0.2, 0.25) is 5.02 Å². The highest BCUT2D eigenvalue weighted by molar-refractivity contribution is 6.31. The van der Waals surface area contributed by atoms with Crippen molar-refractivity contribution < 1.29 is 28.7 Å². The van der Waals surface area contributed by atoms with Gasteiger partial charge >= 0.3 is 5.97 Å². The number of nitrogens with zero attached hydrogens (tertiary/aromatic N) is 2. The number of carbonyl (C=O) groups is 4. The van der Waals surface area contributed by atoms with Crippen LogP contribution in [0, 0.1) is 17.8 Å². The van der Waals surface area contributed by atoms with E-state index in [2.05, 4.69) is 0 Å². The molecule has 0 spiro atoms. The van der Waals surface area contributed by atoms with E-state index in [-0.39, 0.29) is 48.3 Å². The Balaban J connectivity index is 1.30. The minimum Gasteiger partial charge on any atom is -0.495 e. The Morgan fingerprint density at radius 1 is 1.00 bits per heavy atom. The molecule has 2 saturated heterocycles. The van der Waals surface area contributed by atoms with Gasteiger partial charge in [0.2, 0.25) is 17.7 Å². The first-order valence-corrected chi connectivity index (χ1v) is 11.7. The average molecular weight is 495 g/mol. The molecule has 1 aliphatic carbocycles. The lowest BCUT2D eigenvalue weighted by Crippen LogP contribution is -2.31. The molecular formula is C26H23ClN2O6. The monoisotopic (exact) mass is 494 g/mol. The van der Waals surface area contributed by atoms with E-state index in [9.17, 15) is 19.2 Å². The third-order valence-electron chi connectivity index (χ3n) is 6.69. The second-order valence-corrected chi connectivity index (χ2v) is 9.24. The van der Waals surface area contributed by atoms with E-state index in [4.69, 9.17) is 21.1 Å². The van der Waals surface area contributed by atoms with Gasteiger partial charge in [0.15, 0.2) is 0 Å². The molecule has 0 radical (unpaired) electrons. The Morgan fingerprint density at radius 2 is 1.71 bits per heavy atom. The lowest BCUT2D eigenvalue weighted by atomic mass is 9.85. The number of carbonyl (C=O) groups excluding carboxylic acids is 4. The summed E-state index contributed by atoms with van der Waals surface area (Å²) in [7, 11) is 1.49. The molecule has 8 nitrogen and oxygen atoms in total. The van der Waals surface area contributed by atoms with Crippen LogP contribution < -0.4 is 19.3 Å². The third-order valence-corrected chi connectivity index (χ3v) is 6.93. The molecule has 2 fully saturated rings. The topological polar surface area (TPSA) is 93.2 Å². The van der Waals surface area contributed by atoms with Crippen LogP contribution in [-0.2, 0) is 19.2 Å². The lowest BCUT2D eigenvalue weighted by Gasteiger charge is -2.20. The van der Waals surface area contributed by atoms with Crippen LogP contribution in [0.4, 0.5) is 11.4 Å². The Hall–Kier alpha value is -3.65. The number of ether oxygens (including phenoxy) is 2. The number of hydrogen-bond acceptors (Lipinski definition) is 6. The maximum Gasteiger partial charge on any atom is 0.316 e. The quantitative estimate of drug-likeness (QED) is 0.272. The SMILES string of the molecule is COc1ccc(Cl)cc1N1C[C@H](C(=O)Oc2cccc(N3C(=O)[C@H]4CC=CC[C@H]4C3=O)c2)CC1=O. The predicted octanol–water partition coefficient (Wildman–Crippen LogP) is 3.76. The summed E-state index contributed by atoms with van der Waals surface area (Å²) < 4.78 is 10.9. The molecule has 0 aromatic heterocycles. The highest BCUT2D eigenvalue weighted by Gasteiger charge is 2.48. The Kier molecular flexibility index (Phi) is 6.06. The number of methoxy groups -OCH3 is 1. The first-order valence-electron chi connectivity index (χ1n) is 11.4. The number of imide groups is 1. The summed E-state index contributed by atoms with van der Waals surface area (Å²) in [5, 5.41) is 0.443. The number of anilines is 2. The van der Waals surface area contributed by atoms with Crippen molar-refractivity contribution in [2.45, 2.75) is 19.3 Å². The van der Waals surface area contributed by atoms with E-state index in [1.807, 2.05) is 12.2 Å². The van der Waals surface area contributed by atoms with Gasteiger partial charge in [-0.05, 0) is 43.2 Å². The molecule has 0 saturated carbocycles. The molecule has 0 unspecified atom stereocenters. The summed E-state index contributed by atoms with van der Waals surface area (Å²) >= 11 is 6.09. The number of rotatable bonds is 5. The molecule has 180 valence electrons. The van der Waals surface area contributed by atoms with Crippen molar-refractivity contribution in [3.05, 3.63) is 59.6 Å². The predicted molar refractivity (Wildman–Crippen MR) is 128 cm³/mol. The van der Waals surface area contributed by atoms with Crippen LogP contribution in [-0.4, -0.2) is 37.3 Å². The van der Waals surface area contributed by atoms with Gasteiger partial charge in [0.25, 0.3) is 0 Å². The van der Waals surface area contributed by atoms with Crippen LogP contribution in [0.25, 0.3) is 0 Å². The fraction of sp³-hybridized carbons (Fsp3) is 0.308.